The first-order valence-electron chi connectivity index (χ1n) is 9.42. The Morgan fingerprint density at radius 1 is 1.21 bits per heavy atom. The molecule has 3 rings (SSSR count). The summed E-state index contributed by atoms with van der Waals surface area (Å²) in [6.07, 6.45) is 3.92. The molecule has 0 bridgehead atoms. The van der Waals surface area contributed by atoms with Crippen molar-refractivity contribution < 1.29 is 36.4 Å². The number of nitrogens with one attached hydrogen (secondary N) is 1. The van der Waals surface area contributed by atoms with Crippen molar-refractivity contribution in [3.63, 3.8) is 0 Å². The number of aromatic hydroxyl groups is 1. The van der Waals surface area contributed by atoms with Gasteiger partial charge in [0.15, 0.2) is 0 Å². The molecule has 0 radical (unpaired) electrons. The lowest BCUT2D eigenvalue weighted by Gasteiger charge is -2.12. The fourth-order valence-corrected chi connectivity index (χ4v) is 3.00. The second-order valence-corrected chi connectivity index (χ2v) is 6.97. The Bertz CT molecular complexity index is 1030. The smallest absolute Gasteiger partial charge is 0.345 e. The Hall–Kier alpha value is -2.80. The van der Waals surface area contributed by atoms with Crippen LogP contribution in [0.3, 0.4) is 0 Å². The normalized spacial score (nSPS) is 10.7. The molecule has 2 aliphatic rings. The standard InChI is InChI=1S/C21H24N2O5.ClH/c1-4-5-6-7-10-27-21(26)14-12-16(24)19(25)20-18(14)22-15-9-8-13(23(2)3)11-17(15)28-20;/h8-9,11-12,25H,4-7,10H2,1-3H3;1H. The molecule has 156 valence electrons. The van der Waals surface area contributed by atoms with Gasteiger partial charge in [-0.15, -0.1) is 0 Å². The summed E-state index contributed by atoms with van der Waals surface area (Å²) in [6.45, 7) is 2.39. The highest BCUT2D eigenvalue weighted by molar-refractivity contribution is 5.96. The summed E-state index contributed by atoms with van der Waals surface area (Å²) in [5.41, 5.74) is 1.59. The lowest BCUT2D eigenvalue weighted by Crippen LogP contribution is -3.00. The van der Waals surface area contributed by atoms with Crippen LogP contribution in [0.15, 0.2) is 33.5 Å². The van der Waals surface area contributed by atoms with Gasteiger partial charge in [-0.25, -0.2) is 4.79 Å². The molecule has 0 unspecified atom stereocenters. The van der Waals surface area contributed by atoms with Gasteiger partial charge >= 0.3 is 5.97 Å². The number of hydrogen-bond donors (Lipinski definition) is 1. The molecule has 0 fully saturated rings. The molecule has 1 aliphatic heterocycles. The Kier molecular flexibility index (Phi) is 7.45. The number of nitrogens with zero attached hydrogens (tertiary/aromatic N) is 1. The highest BCUT2D eigenvalue weighted by Gasteiger charge is 2.30. The van der Waals surface area contributed by atoms with Crippen LogP contribution < -0.4 is 27.7 Å². The van der Waals surface area contributed by atoms with Gasteiger partial charge in [-0.2, -0.15) is 4.98 Å². The average Bonchev–Trinajstić information content (AvgIpc) is 2.68. The van der Waals surface area contributed by atoms with Crippen molar-refractivity contribution >= 4 is 22.8 Å². The molecular weight excluding hydrogens is 396 g/mol. The predicted molar refractivity (Wildman–Crippen MR) is 106 cm³/mol. The maximum Gasteiger partial charge on any atom is 0.345 e. The summed E-state index contributed by atoms with van der Waals surface area (Å²) in [5.74, 6) is -1.22. The summed E-state index contributed by atoms with van der Waals surface area (Å²) in [5, 5.41) is 10.2. The maximum absolute atomic E-state index is 12.5. The number of hydrogen-bond acceptors (Lipinski definition) is 6. The van der Waals surface area contributed by atoms with Gasteiger partial charge in [-0.1, -0.05) is 26.2 Å². The number of halogens is 1. The number of fused-ring (bicyclic) bond motifs is 2. The summed E-state index contributed by atoms with van der Waals surface area (Å²) in [7, 11) is 3.79. The number of phenolic OH excluding ortho intramolecular Hbond substituents is 1. The molecular formula is C21H25ClN2O5. The number of aromatic amines is 1. The van der Waals surface area contributed by atoms with Gasteiger partial charge in [-0.05, 0) is 12.5 Å². The maximum atomic E-state index is 12.5. The van der Waals surface area contributed by atoms with Gasteiger partial charge < -0.3 is 31.6 Å². The van der Waals surface area contributed by atoms with E-state index < -0.39 is 17.1 Å². The van der Waals surface area contributed by atoms with Gasteiger partial charge in [0.25, 0.3) is 5.69 Å². The van der Waals surface area contributed by atoms with Crippen molar-refractivity contribution in [1.82, 2.24) is 0 Å². The van der Waals surface area contributed by atoms with Gasteiger partial charge in [0.1, 0.15) is 5.56 Å². The van der Waals surface area contributed by atoms with Gasteiger partial charge in [0.2, 0.25) is 28.0 Å². The number of unbranched alkanes of at least 4 members (excludes halogenated alkanes) is 3. The molecule has 0 atom stereocenters. The van der Waals surface area contributed by atoms with Crippen LogP contribution in [0, 0.1) is 0 Å². The van der Waals surface area contributed by atoms with Crippen LogP contribution in [0.25, 0.3) is 22.6 Å². The zero-order valence-corrected chi connectivity index (χ0v) is 17.5. The van der Waals surface area contributed by atoms with Gasteiger partial charge in [-0.3, -0.25) is 4.79 Å². The van der Waals surface area contributed by atoms with E-state index in [1.807, 2.05) is 31.1 Å². The van der Waals surface area contributed by atoms with E-state index in [-0.39, 0.29) is 36.0 Å². The van der Waals surface area contributed by atoms with Crippen LogP contribution in [-0.4, -0.2) is 31.8 Å². The molecule has 0 aromatic heterocycles. The fraction of sp³-hybridized carbons (Fsp3) is 0.381. The minimum atomic E-state index is -0.689. The third-order valence-electron chi connectivity index (χ3n) is 4.62. The molecule has 1 aromatic rings. The monoisotopic (exact) mass is 420 g/mol. The molecule has 1 heterocycles. The zero-order chi connectivity index (χ0) is 20.3. The Labute approximate surface area is 175 Å². The second kappa shape index (κ2) is 9.60. The first kappa shape index (κ1) is 22.5. The number of phenols is 1. The Morgan fingerprint density at radius 2 is 1.97 bits per heavy atom. The van der Waals surface area contributed by atoms with Crippen LogP contribution in [0.4, 0.5) is 5.69 Å². The van der Waals surface area contributed by atoms with Crippen molar-refractivity contribution in [1.29, 1.82) is 0 Å². The lowest BCUT2D eigenvalue weighted by atomic mass is 10.1. The zero-order valence-electron chi connectivity index (χ0n) is 16.8. The van der Waals surface area contributed by atoms with E-state index in [1.54, 1.807) is 6.07 Å². The highest BCUT2D eigenvalue weighted by Crippen LogP contribution is 2.31. The molecule has 1 aromatic carbocycles. The minimum Gasteiger partial charge on any atom is -1.00 e. The van der Waals surface area contributed by atoms with E-state index in [0.29, 0.717) is 11.1 Å². The molecule has 1 aliphatic carbocycles. The number of H-pyrrole nitrogens is 1. The number of esters is 1. The molecule has 0 saturated carbocycles. The van der Waals surface area contributed by atoms with E-state index in [1.165, 1.54) is 0 Å². The van der Waals surface area contributed by atoms with Crippen LogP contribution in [0.1, 0.15) is 43.0 Å². The second-order valence-electron chi connectivity index (χ2n) is 6.97. The highest BCUT2D eigenvalue weighted by atomic mass is 35.5. The van der Waals surface area contributed by atoms with Crippen LogP contribution in [-0.2, 0) is 4.74 Å². The number of anilines is 1. The average molecular weight is 421 g/mol. The van der Waals surface area contributed by atoms with Crippen molar-refractivity contribution in [3.05, 3.63) is 40.1 Å². The van der Waals surface area contributed by atoms with Crippen LogP contribution >= 0.6 is 0 Å². The Morgan fingerprint density at radius 3 is 2.66 bits per heavy atom. The fourth-order valence-electron chi connectivity index (χ4n) is 3.00. The SMILES string of the molecule is CCCCCCOC(=O)c1cc(=O)c(O)c2oc3cc(N(C)C)ccc3[nH+]c1-2.[Cl-]. The van der Waals surface area contributed by atoms with E-state index in [4.69, 9.17) is 9.15 Å². The number of aromatic nitrogens is 1. The first-order chi connectivity index (χ1) is 13.4. The number of carbonyl (C=O) groups is 1. The third-order valence-corrected chi connectivity index (χ3v) is 4.62. The molecule has 8 heteroatoms. The molecule has 0 saturated heterocycles. The molecule has 7 nitrogen and oxygen atoms in total. The number of rotatable bonds is 7. The summed E-state index contributed by atoms with van der Waals surface area (Å²) < 4.78 is 11.1. The van der Waals surface area contributed by atoms with E-state index in [9.17, 15) is 14.7 Å². The van der Waals surface area contributed by atoms with Crippen LogP contribution in [0.5, 0.6) is 5.75 Å². The van der Waals surface area contributed by atoms with E-state index in [2.05, 4.69) is 11.9 Å². The quantitative estimate of drug-likeness (QED) is 0.334. The summed E-state index contributed by atoms with van der Waals surface area (Å²) in [4.78, 5) is 29.7. The first-order valence-corrected chi connectivity index (χ1v) is 9.42. The summed E-state index contributed by atoms with van der Waals surface area (Å²) in [6, 6.07) is 6.58. The number of carbonyl (C=O) groups excluding carboxylic acids is 1. The van der Waals surface area contributed by atoms with E-state index in [0.717, 1.165) is 37.4 Å². The molecule has 2 N–H and O–H groups in total. The third kappa shape index (κ3) is 4.79. The van der Waals surface area contributed by atoms with Gasteiger partial charge in [0.05, 0.1) is 6.61 Å². The predicted octanol–water partition coefficient (Wildman–Crippen LogP) is 0.225. The minimum absolute atomic E-state index is 0. The van der Waals surface area contributed by atoms with Crippen molar-refractivity contribution in [2.45, 2.75) is 32.6 Å². The van der Waals surface area contributed by atoms with E-state index >= 15 is 0 Å². The van der Waals surface area contributed by atoms with Crippen molar-refractivity contribution in [3.8, 4) is 17.2 Å². The molecule has 0 spiro atoms. The molecule has 29 heavy (non-hydrogen) atoms. The van der Waals surface area contributed by atoms with Crippen molar-refractivity contribution in [2.24, 2.45) is 0 Å². The lowest BCUT2D eigenvalue weighted by molar-refractivity contribution is -0.334. The summed E-state index contributed by atoms with van der Waals surface area (Å²) >= 11 is 0. The van der Waals surface area contributed by atoms with Crippen LogP contribution in [0.2, 0.25) is 0 Å². The number of benzene rings is 2. The van der Waals surface area contributed by atoms with Gasteiger partial charge in [0, 0.05) is 38.0 Å². The Balaban J connectivity index is 0.00000300. The van der Waals surface area contributed by atoms with Crippen molar-refractivity contribution in [2.75, 3.05) is 25.6 Å². The topological polar surface area (TPSA) is 94.1 Å². The number of ether oxygens (including phenoxy) is 1. The molecule has 0 amide bonds. The largest absolute Gasteiger partial charge is 1.00 e.